The van der Waals surface area contributed by atoms with Gasteiger partial charge >= 0.3 is 5.97 Å². The van der Waals surface area contributed by atoms with Crippen molar-refractivity contribution in [3.05, 3.63) is 12.2 Å². The molecule has 28 heavy (non-hydrogen) atoms. The van der Waals surface area contributed by atoms with Crippen molar-refractivity contribution in [3.8, 4) is 0 Å². The molecule has 1 rings (SSSR count). The van der Waals surface area contributed by atoms with Crippen LogP contribution >= 0.6 is 0 Å². The third kappa shape index (κ3) is 7.61. The van der Waals surface area contributed by atoms with Crippen LogP contribution in [0.15, 0.2) is 12.2 Å². The molecule has 1 saturated carbocycles. The van der Waals surface area contributed by atoms with Gasteiger partial charge in [-0.25, -0.2) is 8.78 Å². The Bertz CT molecular complexity index is 531. The van der Waals surface area contributed by atoms with E-state index in [2.05, 4.69) is 6.92 Å². The number of halogens is 2. The highest BCUT2D eigenvalue weighted by Gasteiger charge is 2.53. The second kappa shape index (κ2) is 11.6. The summed E-state index contributed by atoms with van der Waals surface area (Å²) < 4.78 is 28.2. The zero-order valence-corrected chi connectivity index (χ0v) is 17.3. The molecule has 0 radical (unpaired) electrons. The van der Waals surface area contributed by atoms with E-state index in [-0.39, 0.29) is 44.3 Å². The number of hydrogen-bond donors (Lipinski definition) is 2. The molecule has 162 valence electrons. The molecule has 2 N–H and O–H groups in total. The minimum Gasteiger partial charge on any atom is -0.481 e. The number of ketones is 1. The number of carbonyl (C=O) groups excluding carboxylic acids is 1. The molecule has 1 aliphatic carbocycles. The first-order valence-electron chi connectivity index (χ1n) is 10.5. The zero-order valence-electron chi connectivity index (χ0n) is 17.3. The average molecular weight is 403 g/mol. The van der Waals surface area contributed by atoms with Gasteiger partial charge in [0.2, 0.25) is 6.43 Å². The number of aliphatic hydroxyl groups is 1. The maximum Gasteiger partial charge on any atom is 0.303 e. The molecule has 0 aliphatic heterocycles. The lowest BCUT2D eigenvalue weighted by Gasteiger charge is -2.36. The Morgan fingerprint density at radius 2 is 2.00 bits per heavy atom. The van der Waals surface area contributed by atoms with Crippen LogP contribution in [0.4, 0.5) is 8.78 Å². The first-order chi connectivity index (χ1) is 13.1. The fraction of sp³-hybridized carbons (Fsp3) is 0.818. The predicted molar refractivity (Wildman–Crippen MR) is 105 cm³/mol. The SMILES string of the molecule is CCCCCC(C)(O)CC[C@]1(C(F)F)CCC(=O)[C@@H]1CC=CCCCC(=O)O. The van der Waals surface area contributed by atoms with Crippen molar-refractivity contribution in [1.29, 1.82) is 0 Å². The molecule has 6 heteroatoms. The summed E-state index contributed by atoms with van der Waals surface area (Å²) >= 11 is 0. The Hall–Kier alpha value is -1.30. The maximum atomic E-state index is 14.1. The number of allylic oxidation sites excluding steroid dienone is 2. The van der Waals surface area contributed by atoms with Crippen molar-refractivity contribution in [2.24, 2.45) is 11.3 Å². The molecule has 4 nitrogen and oxygen atoms in total. The van der Waals surface area contributed by atoms with Gasteiger partial charge in [0.1, 0.15) is 5.78 Å². The molecule has 0 aromatic rings. The van der Waals surface area contributed by atoms with E-state index in [4.69, 9.17) is 5.11 Å². The topological polar surface area (TPSA) is 74.6 Å². The lowest BCUT2D eigenvalue weighted by molar-refractivity contribution is -0.137. The fourth-order valence-corrected chi connectivity index (χ4v) is 4.16. The molecule has 1 fully saturated rings. The molecule has 0 spiro atoms. The number of carbonyl (C=O) groups is 2. The van der Waals surface area contributed by atoms with Crippen LogP contribution in [-0.2, 0) is 9.59 Å². The van der Waals surface area contributed by atoms with Crippen LogP contribution in [0.3, 0.4) is 0 Å². The summed E-state index contributed by atoms with van der Waals surface area (Å²) in [5.41, 5.74) is -2.35. The molecule has 1 aliphatic rings. The minimum atomic E-state index is -2.60. The first-order valence-corrected chi connectivity index (χ1v) is 10.5. The summed E-state index contributed by atoms with van der Waals surface area (Å²) in [6.07, 6.45) is 6.55. The van der Waals surface area contributed by atoms with Gasteiger partial charge in [-0.3, -0.25) is 9.59 Å². The third-order valence-corrected chi connectivity index (χ3v) is 6.10. The van der Waals surface area contributed by atoms with Crippen molar-refractivity contribution < 1.29 is 28.6 Å². The van der Waals surface area contributed by atoms with Gasteiger partial charge in [0, 0.05) is 24.2 Å². The summed E-state index contributed by atoms with van der Waals surface area (Å²) in [4.78, 5) is 22.8. The summed E-state index contributed by atoms with van der Waals surface area (Å²) in [5, 5.41) is 19.2. The van der Waals surface area contributed by atoms with Gasteiger partial charge in [0.05, 0.1) is 5.60 Å². The van der Waals surface area contributed by atoms with E-state index < -0.39 is 29.3 Å². The molecule has 0 saturated heterocycles. The number of unbranched alkanes of at least 4 members (excludes halogenated alkanes) is 3. The van der Waals surface area contributed by atoms with E-state index in [1.54, 1.807) is 19.1 Å². The summed E-state index contributed by atoms with van der Waals surface area (Å²) in [7, 11) is 0. The third-order valence-electron chi connectivity index (χ3n) is 6.10. The van der Waals surface area contributed by atoms with Gasteiger partial charge < -0.3 is 10.2 Å². The summed E-state index contributed by atoms with van der Waals surface area (Å²) in [6.45, 7) is 3.78. The van der Waals surface area contributed by atoms with Gasteiger partial charge in [0.25, 0.3) is 0 Å². The van der Waals surface area contributed by atoms with Crippen molar-refractivity contribution in [1.82, 2.24) is 0 Å². The number of aliphatic carboxylic acids is 1. The lowest BCUT2D eigenvalue weighted by Crippen LogP contribution is -2.38. The quantitative estimate of drug-likeness (QED) is 0.296. The van der Waals surface area contributed by atoms with E-state index >= 15 is 0 Å². The van der Waals surface area contributed by atoms with E-state index in [1.807, 2.05) is 0 Å². The monoisotopic (exact) mass is 402 g/mol. The normalized spacial score (nSPS) is 24.9. The number of alkyl halides is 2. The molecule has 0 aromatic heterocycles. The average Bonchev–Trinajstić information content (AvgIpc) is 2.93. The largest absolute Gasteiger partial charge is 0.481 e. The zero-order chi connectivity index (χ0) is 21.2. The standard InChI is InChI=1S/C22H36F2O4/c1-3-4-9-13-21(2,28)15-16-22(20(23)24)14-12-18(25)17(22)10-7-5-6-8-11-19(26)27/h5,7,17,20,28H,3-4,6,8-16H2,1-2H3,(H,26,27)/t17-,21?,22+/m0/s1. The van der Waals surface area contributed by atoms with Crippen LogP contribution in [0.5, 0.6) is 0 Å². The Morgan fingerprint density at radius 1 is 1.29 bits per heavy atom. The van der Waals surface area contributed by atoms with Gasteiger partial charge in [-0.05, 0) is 51.9 Å². The molecule has 1 unspecified atom stereocenters. The highest BCUT2D eigenvalue weighted by molar-refractivity contribution is 5.84. The fourth-order valence-electron chi connectivity index (χ4n) is 4.16. The lowest BCUT2D eigenvalue weighted by atomic mass is 9.71. The van der Waals surface area contributed by atoms with Gasteiger partial charge in [-0.15, -0.1) is 0 Å². The van der Waals surface area contributed by atoms with Crippen LogP contribution < -0.4 is 0 Å². The smallest absolute Gasteiger partial charge is 0.303 e. The van der Waals surface area contributed by atoms with Crippen LogP contribution in [0, 0.1) is 11.3 Å². The van der Waals surface area contributed by atoms with E-state index in [0.29, 0.717) is 19.3 Å². The van der Waals surface area contributed by atoms with Crippen LogP contribution in [0.25, 0.3) is 0 Å². The Morgan fingerprint density at radius 3 is 2.61 bits per heavy atom. The van der Waals surface area contributed by atoms with Crippen molar-refractivity contribution in [2.75, 3.05) is 0 Å². The molecule has 3 atom stereocenters. The van der Waals surface area contributed by atoms with E-state index in [9.17, 15) is 23.5 Å². The second-order valence-electron chi connectivity index (χ2n) is 8.50. The van der Waals surface area contributed by atoms with Gasteiger partial charge in [-0.2, -0.15) is 0 Å². The maximum absolute atomic E-state index is 14.1. The van der Waals surface area contributed by atoms with Crippen LogP contribution in [-0.4, -0.2) is 34.0 Å². The predicted octanol–water partition coefficient (Wildman–Crippen LogP) is 5.53. The van der Waals surface area contributed by atoms with Crippen molar-refractivity contribution in [2.45, 2.75) is 103 Å². The highest BCUT2D eigenvalue weighted by Crippen LogP contribution is 2.51. The highest BCUT2D eigenvalue weighted by atomic mass is 19.3. The van der Waals surface area contributed by atoms with E-state index in [0.717, 1.165) is 19.3 Å². The molecule has 0 amide bonds. The molecular formula is C22H36F2O4. The Balaban J connectivity index is 2.71. The molecule has 0 aromatic carbocycles. The number of hydrogen-bond acceptors (Lipinski definition) is 3. The minimum absolute atomic E-state index is 0.0702. The molecular weight excluding hydrogens is 366 g/mol. The van der Waals surface area contributed by atoms with E-state index in [1.165, 1.54) is 0 Å². The van der Waals surface area contributed by atoms with Crippen molar-refractivity contribution in [3.63, 3.8) is 0 Å². The van der Waals surface area contributed by atoms with Gasteiger partial charge in [-0.1, -0.05) is 38.3 Å². The molecule has 0 heterocycles. The number of rotatable bonds is 14. The number of carboxylic acids is 1. The number of Topliss-reactive ketones (excluding diaryl/α,β-unsaturated/α-hetero) is 1. The van der Waals surface area contributed by atoms with Gasteiger partial charge in [0.15, 0.2) is 0 Å². The van der Waals surface area contributed by atoms with Crippen LogP contribution in [0.2, 0.25) is 0 Å². The van der Waals surface area contributed by atoms with Crippen molar-refractivity contribution >= 4 is 11.8 Å². The molecule has 0 bridgehead atoms. The summed E-state index contributed by atoms with van der Waals surface area (Å²) in [6, 6.07) is 0. The second-order valence-corrected chi connectivity index (χ2v) is 8.50. The first kappa shape index (κ1) is 24.7. The summed E-state index contributed by atoms with van der Waals surface area (Å²) in [5.74, 6) is -1.71. The van der Waals surface area contributed by atoms with Crippen LogP contribution in [0.1, 0.15) is 90.9 Å². The number of carboxylic acid groups (broad SMARTS) is 1. The Labute approximate surface area is 167 Å². The Kier molecular flexibility index (Phi) is 10.3.